The standard InChI is InChI=1S/C46H77NO5/c1-3-5-7-9-11-13-15-16-17-18-19-20-21-22-23-24-26-28-30-32-37-41-46(51)52-43(39-35-33-36-40-44(48)47-42-45(49)50)38-34-31-29-27-25-14-12-10-8-6-4-2/h6,8,12,14-16,18-19,27,29,34,38,43H,3-5,7,9-11,13,17,20-26,28,30-33,35-37,39-42H2,1-2H3,(H,47,48)(H,49,50)/b8-6-,14-12-,16-15-,19-18-,29-27-,38-34-. The lowest BCUT2D eigenvalue weighted by atomic mass is 10.1. The van der Waals surface area contributed by atoms with Gasteiger partial charge in [0.25, 0.3) is 0 Å². The molecule has 6 heteroatoms. The maximum absolute atomic E-state index is 12.7. The quantitative estimate of drug-likeness (QED) is 0.0378. The van der Waals surface area contributed by atoms with E-state index in [0.717, 1.165) is 57.8 Å². The summed E-state index contributed by atoms with van der Waals surface area (Å²) in [6.07, 6.45) is 54.7. The van der Waals surface area contributed by atoms with Crippen LogP contribution in [-0.2, 0) is 19.1 Å². The van der Waals surface area contributed by atoms with E-state index < -0.39 is 5.97 Å². The first-order chi connectivity index (χ1) is 25.5. The Bertz CT molecular complexity index is 1020. The van der Waals surface area contributed by atoms with E-state index in [0.29, 0.717) is 25.7 Å². The van der Waals surface area contributed by atoms with Gasteiger partial charge in [-0.15, -0.1) is 0 Å². The number of hydrogen-bond acceptors (Lipinski definition) is 4. The molecule has 0 fully saturated rings. The van der Waals surface area contributed by atoms with Crippen LogP contribution in [0, 0.1) is 0 Å². The third-order valence-corrected chi connectivity index (χ3v) is 8.85. The molecule has 0 aromatic rings. The molecule has 0 bridgehead atoms. The summed E-state index contributed by atoms with van der Waals surface area (Å²) >= 11 is 0. The lowest BCUT2D eigenvalue weighted by molar-refractivity contribution is -0.147. The summed E-state index contributed by atoms with van der Waals surface area (Å²) in [5.74, 6) is -1.42. The van der Waals surface area contributed by atoms with Gasteiger partial charge in [-0.3, -0.25) is 14.4 Å². The highest BCUT2D eigenvalue weighted by atomic mass is 16.5. The van der Waals surface area contributed by atoms with Crippen LogP contribution in [0.15, 0.2) is 72.9 Å². The average molecular weight is 724 g/mol. The summed E-state index contributed by atoms with van der Waals surface area (Å²) in [6, 6.07) is 0. The van der Waals surface area contributed by atoms with E-state index in [1.165, 1.54) is 89.9 Å². The fourth-order valence-electron chi connectivity index (χ4n) is 5.75. The van der Waals surface area contributed by atoms with Crippen molar-refractivity contribution in [3.05, 3.63) is 72.9 Å². The van der Waals surface area contributed by atoms with Crippen LogP contribution in [0.2, 0.25) is 0 Å². The van der Waals surface area contributed by atoms with Crippen LogP contribution >= 0.6 is 0 Å². The molecule has 52 heavy (non-hydrogen) atoms. The molecule has 0 saturated heterocycles. The molecule has 1 atom stereocenters. The van der Waals surface area contributed by atoms with Gasteiger partial charge in [-0.25, -0.2) is 0 Å². The highest BCUT2D eigenvalue weighted by molar-refractivity contribution is 5.80. The maximum Gasteiger partial charge on any atom is 0.322 e. The smallest absolute Gasteiger partial charge is 0.322 e. The number of carboxylic acid groups (broad SMARTS) is 1. The van der Waals surface area contributed by atoms with Crippen LogP contribution in [0.3, 0.4) is 0 Å². The van der Waals surface area contributed by atoms with Crippen LogP contribution in [0.25, 0.3) is 0 Å². The fourth-order valence-corrected chi connectivity index (χ4v) is 5.75. The predicted molar refractivity (Wildman–Crippen MR) is 221 cm³/mol. The van der Waals surface area contributed by atoms with Gasteiger partial charge in [0.2, 0.25) is 5.91 Å². The first kappa shape index (κ1) is 48.9. The van der Waals surface area contributed by atoms with Gasteiger partial charge >= 0.3 is 11.9 Å². The third kappa shape index (κ3) is 39.6. The molecule has 2 N–H and O–H groups in total. The number of amides is 1. The summed E-state index contributed by atoms with van der Waals surface area (Å²) in [5, 5.41) is 11.1. The molecule has 0 aliphatic carbocycles. The Hall–Kier alpha value is -3.15. The number of carbonyl (C=O) groups is 3. The van der Waals surface area contributed by atoms with E-state index in [4.69, 9.17) is 9.84 Å². The zero-order valence-corrected chi connectivity index (χ0v) is 33.4. The minimum Gasteiger partial charge on any atom is -0.480 e. The summed E-state index contributed by atoms with van der Waals surface area (Å²) < 4.78 is 5.86. The van der Waals surface area contributed by atoms with Gasteiger partial charge in [0.15, 0.2) is 0 Å². The first-order valence-corrected chi connectivity index (χ1v) is 21.1. The molecule has 0 aromatic heterocycles. The Kier molecular flexibility index (Phi) is 38.2. The molecule has 296 valence electrons. The molecule has 0 radical (unpaired) electrons. The highest BCUT2D eigenvalue weighted by Gasteiger charge is 2.12. The van der Waals surface area contributed by atoms with E-state index in [9.17, 15) is 14.4 Å². The number of carboxylic acids is 1. The van der Waals surface area contributed by atoms with Crippen molar-refractivity contribution in [2.75, 3.05) is 6.54 Å². The maximum atomic E-state index is 12.7. The Balaban J connectivity index is 4.16. The van der Waals surface area contributed by atoms with E-state index in [-0.39, 0.29) is 24.5 Å². The van der Waals surface area contributed by atoms with Gasteiger partial charge in [-0.2, -0.15) is 0 Å². The van der Waals surface area contributed by atoms with Gasteiger partial charge < -0.3 is 15.2 Å². The lowest BCUT2D eigenvalue weighted by Crippen LogP contribution is -2.28. The molecule has 0 saturated carbocycles. The minimum atomic E-state index is -1.04. The Labute approximate surface area is 319 Å². The molecule has 6 nitrogen and oxygen atoms in total. The second-order valence-electron chi connectivity index (χ2n) is 13.9. The second-order valence-corrected chi connectivity index (χ2v) is 13.9. The largest absolute Gasteiger partial charge is 0.480 e. The van der Waals surface area contributed by atoms with Crippen LogP contribution in [0.1, 0.15) is 187 Å². The van der Waals surface area contributed by atoms with Crippen molar-refractivity contribution in [1.29, 1.82) is 0 Å². The van der Waals surface area contributed by atoms with Gasteiger partial charge in [-0.05, 0) is 89.5 Å². The third-order valence-electron chi connectivity index (χ3n) is 8.85. The summed E-state index contributed by atoms with van der Waals surface area (Å²) in [7, 11) is 0. The normalized spacial score (nSPS) is 12.8. The summed E-state index contributed by atoms with van der Waals surface area (Å²) in [4.78, 5) is 35.0. The average Bonchev–Trinajstić information content (AvgIpc) is 3.13. The SMILES string of the molecule is CC/C=C\C/C=C\C/C=C\C/C=C\C(CCCCCC(=O)NCC(=O)O)OC(=O)CCCCCCCCCCC/C=C\C/C=C\CCCCCCC. The fraction of sp³-hybridized carbons (Fsp3) is 0.674. The number of carbonyl (C=O) groups excluding carboxylic acids is 2. The van der Waals surface area contributed by atoms with Crippen molar-refractivity contribution in [3.8, 4) is 0 Å². The number of unbranched alkanes of at least 4 members (excludes halogenated alkanes) is 16. The van der Waals surface area contributed by atoms with Crippen LogP contribution < -0.4 is 5.32 Å². The predicted octanol–water partition coefficient (Wildman–Crippen LogP) is 13.0. The first-order valence-electron chi connectivity index (χ1n) is 21.1. The van der Waals surface area contributed by atoms with Crippen molar-refractivity contribution < 1.29 is 24.2 Å². The van der Waals surface area contributed by atoms with Gasteiger partial charge in [0, 0.05) is 12.8 Å². The highest BCUT2D eigenvalue weighted by Crippen LogP contribution is 2.15. The Morgan fingerprint density at radius 2 is 1.00 bits per heavy atom. The van der Waals surface area contributed by atoms with E-state index in [1.807, 2.05) is 6.08 Å². The molecule has 0 aromatic carbocycles. The molecule has 0 aliphatic heterocycles. The summed E-state index contributed by atoms with van der Waals surface area (Å²) in [5.41, 5.74) is 0. The van der Waals surface area contributed by atoms with E-state index in [1.54, 1.807) is 0 Å². The second kappa shape index (κ2) is 40.6. The van der Waals surface area contributed by atoms with Crippen molar-refractivity contribution in [1.82, 2.24) is 5.32 Å². The number of nitrogens with one attached hydrogen (secondary N) is 1. The molecule has 1 unspecified atom stereocenters. The number of ether oxygens (including phenoxy) is 1. The Morgan fingerprint density at radius 1 is 0.538 bits per heavy atom. The number of hydrogen-bond donors (Lipinski definition) is 2. The minimum absolute atomic E-state index is 0.136. The monoisotopic (exact) mass is 724 g/mol. The molecule has 0 aliphatic rings. The molecule has 0 spiro atoms. The number of rotatable bonds is 37. The van der Waals surface area contributed by atoms with E-state index in [2.05, 4.69) is 86.0 Å². The van der Waals surface area contributed by atoms with Gasteiger partial charge in [-0.1, -0.05) is 158 Å². The zero-order chi connectivity index (χ0) is 38.0. The molecule has 0 heterocycles. The number of esters is 1. The molecular weight excluding hydrogens is 647 g/mol. The van der Waals surface area contributed by atoms with Gasteiger partial charge in [0.05, 0.1) is 0 Å². The van der Waals surface area contributed by atoms with Crippen LogP contribution in [-0.4, -0.2) is 35.6 Å². The van der Waals surface area contributed by atoms with Crippen LogP contribution in [0.5, 0.6) is 0 Å². The topological polar surface area (TPSA) is 92.7 Å². The van der Waals surface area contributed by atoms with Crippen molar-refractivity contribution in [3.63, 3.8) is 0 Å². The molecular formula is C46H77NO5. The van der Waals surface area contributed by atoms with Crippen molar-refractivity contribution in [2.24, 2.45) is 0 Å². The number of aliphatic carboxylic acids is 1. The van der Waals surface area contributed by atoms with Crippen molar-refractivity contribution in [2.45, 2.75) is 193 Å². The summed E-state index contributed by atoms with van der Waals surface area (Å²) in [6.45, 7) is 4.05. The van der Waals surface area contributed by atoms with Crippen LogP contribution in [0.4, 0.5) is 0 Å². The number of allylic oxidation sites excluding steroid dienone is 11. The Morgan fingerprint density at radius 3 is 1.56 bits per heavy atom. The molecule has 1 amide bonds. The molecule has 0 rings (SSSR count). The van der Waals surface area contributed by atoms with Gasteiger partial charge in [0.1, 0.15) is 12.6 Å². The van der Waals surface area contributed by atoms with E-state index >= 15 is 0 Å². The lowest BCUT2D eigenvalue weighted by Gasteiger charge is -2.14. The van der Waals surface area contributed by atoms with Crippen molar-refractivity contribution >= 4 is 17.8 Å². The zero-order valence-electron chi connectivity index (χ0n) is 33.4.